The number of hydrogen-bond donors (Lipinski definition) is 1. The Hall–Kier alpha value is -1.27. The predicted molar refractivity (Wildman–Crippen MR) is 45.3 cm³/mol. The van der Waals surface area contributed by atoms with Crippen LogP contribution in [0.15, 0.2) is 24.3 Å². The summed E-state index contributed by atoms with van der Waals surface area (Å²) < 4.78 is 0. The molecule has 0 bridgehead atoms. The normalized spacial score (nSPS) is 8.00. The number of anilines is 1. The molecule has 0 fully saturated rings. The van der Waals surface area contributed by atoms with Gasteiger partial charge in [0.2, 0.25) is 5.39 Å². The van der Waals surface area contributed by atoms with Crippen LogP contribution in [0.5, 0.6) is 0 Å². The summed E-state index contributed by atoms with van der Waals surface area (Å²) in [6, 6.07) is 7.24. The smallest absolute Gasteiger partial charge is 0.385 e. The Bertz CT molecular complexity index is 263. The molecule has 3 nitrogen and oxygen atoms in total. The number of halogens is 1. The molecule has 0 aliphatic heterocycles. The van der Waals surface area contributed by atoms with Gasteiger partial charge in [-0.05, 0) is 19.1 Å². The molecule has 1 rings (SSSR count). The molecular formula is C8H10ClN3. The first kappa shape index (κ1) is 10.7. The van der Waals surface area contributed by atoms with Gasteiger partial charge in [0.15, 0.2) is 4.98 Å². The zero-order valence-corrected chi connectivity index (χ0v) is 7.54. The second kappa shape index (κ2) is 5.39. The summed E-state index contributed by atoms with van der Waals surface area (Å²) in [7, 11) is 0. The maximum absolute atomic E-state index is 8.36. The van der Waals surface area contributed by atoms with E-state index in [4.69, 9.17) is 5.39 Å². The van der Waals surface area contributed by atoms with E-state index in [9.17, 15) is 0 Å². The molecule has 1 N–H and O–H groups in total. The third-order valence-corrected chi connectivity index (χ3v) is 1.36. The molecule has 12 heavy (non-hydrogen) atoms. The Kier molecular flexibility index (Phi) is 4.82. The molecule has 0 aromatic heterocycles. The molecule has 0 spiro atoms. The van der Waals surface area contributed by atoms with E-state index in [1.165, 1.54) is 0 Å². The molecule has 1 aromatic rings. The van der Waals surface area contributed by atoms with E-state index in [0.29, 0.717) is 5.69 Å². The molecule has 4 heteroatoms. The lowest BCUT2D eigenvalue weighted by molar-refractivity contribution is -0.00000252. The quantitative estimate of drug-likeness (QED) is 0.635. The summed E-state index contributed by atoms with van der Waals surface area (Å²) in [5, 5.41) is 11.5. The fraction of sp³-hybridized carbons (Fsp3) is 0.250. The van der Waals surface area contributed by atoms with Crippen LogP contribution in [0.25, 0.3) is 4.98 Å². The summed E-state index contributed by atoms with van der Waals surface area (Å²) >= 11 is 0. The topological polar surface area (TPSA) is 40.2 Å². The first-order chi connectivity index (χ1) is 5.36. The highest BCUT2D eigenvalue weighted by Crippen LogP contribution is 2.15. The lowest BCUT2D eigenvalue weighted by atomic mass is 10.3. The molecule has 0 atom stereocenters. The molecule has 0 saturated heterocycles. The van der Waals surface area contributed by atoms with Crippen LogP contribution in [0, 0.1) is 5.39 Å². The van der Waals surface area contributed by atoms with Gasteiger partial charge in [-0.15, -0.1) is 0 Å². The second-order valence-electron chi connectivity index (χ2n) is 2.18. The molecule has 64 valence electrons. The maximum atomic E-state index is 8.36. The molecule has 0 heterocycles. The Labute approximate surface area is 77.8 Å². The number of nitrogens with one attached hydrogen (secondary N) is 1. The lowest BCUT2D eigenvalue weighted by Crippen LogP contribution is -3.00. The van der Waals surface area contributed by atoms with Crippen LogP contribution in [0.1, 0.15) is 6.92 Å². The van der Waals surface area contributed by atoms with E-state index < -0.39 is 0 Å². The minimum absolute atomic E-state index is 0. The standard InChI is InChI=1S/C8H10N3.ClH/c1-2-10-7-3-5-8(11-9)6-4-7;/h3-6,10H,2H2,1H3;1H/q+1;/p-1. The monoisotopic (exact) mass is 183 g/mol. The van der Waals surface area contributed by atoms with Crippen molar-refractivity contribution < 1.29 is 12.4 Å². The summed E-state index contributed by atoms with van der Waals surface area (Å²) in [5.41, 5.74) is 1.62. The Morgan fingerprint density at radius 1 is 1.33 bits per heavy atom. The third-order valence-electron chi connectivity index (χ3n) is 1.36. The highest BCUT2D eigenvalue weighted by molar-refractivity contribution is 5.53. The van der Waals surface area contributed by atoms with Crippen LogP contribution in [-0.4, -0.2) is 6.54 Å². The van der Waals surface area contributed by atoms with Crippen molar-refractivity contribution in [3.8, 4) is 0 Å². The van der Waals surface area contributed by atoms with Crippen molar-refractivity contribution in [2.45, 2.75) is 6.92 Å². The van der Waals surface area contributed by atoms with Crippen molar-refractivity contribution >= 4 is 11.4 Å². The molecule has 0 unspecified atom stereocenters. The van der Waals surface area contributed by atoms with Crippen molar-refractivity contribution in [1.82, 2.24) is 0 Å². The summed E-state index contributed by atoms with van der Waals surface area (Å²) in [6.07, 6.45) is 0. The second-order valence-corrected chi connectivity index (χ2v) is 2.18. The average molecular weight is 184 g/mol. The first-order valence-corrected chi connectivity index (χ1v) is 3.56. The predicted octanol–water partition coefficient (Wildman–Crippen LogP) is -0.393. The van der Waals surface area contributed by atoms with Gasteiger partial charge in [-0.1, -0.05) is 0 Å². The van der Waals surface area contributed by atoms with Gasteiger partial charge in [0.25, 0.3) is 0 Å². The molecule has 0 aliphatic carbocycles. The van der Waals surface area contributed by atoms with Gasteiger partial charge in [-0.25, -0.2) is 0 Å². The van der Waals surface area contributed by atoms with E-state index in [0.717, 1.165) is 12.2 Å². The van der Waals surface area contributed by atoms with Crippen LogP contribution in [0.4, 0.5) is 11.4 Å². The van der Waals surface area contributed by atoms with Crippen molar-refractivity contribution in [3.63, 3.8) is 0 Å². The maximum Gasteiger partial charge on any atom is 0.385 e. The summed E-state index contributed by atoms with van der Waals surface area (Å²) in [4.78, 5) is 3.04. The van der Waals surface area contributed by atoms with Crippen molar-refractivity contribution in [1.29, 1.82) is 5.39 Å². The van der Waals surface area contributed by atoms with E-state index in [1.807, 2.05) is 19.1 Å². The van der Waals surface area contributed by atoms with Gasteiger partial charge in [0.1, 0.15) is 0 Å². The first-order valence-electron chi connectivity index (χ1n) is 3.56. The van der Waals surface area contributed by atoms with Crippen molar-refractivity contribution in [2.24, 2.45) is 0 Å². The van der Waals surface area contributed by atoms with Crippen LogP contribution in [-0.2, 0) is 0 Å². The van der Waals surface area contributed by atoms with Gasteiger partial charge in [-0.2, -0.15) is 0 Å². The minimum Gasteiger partial charge on any atom is -1.00 e. The number of rotatable bonds is 2. The summed E-state index contributed by atoms with van der Waals surface area (Å²) in [6.45, 7) is 2.93. The fourth-order valence-electron chi connectivity index (χ4n) is 0.850. The molecule has 0 saturated carbocycles. The molecule has 0 amide bonds. The third kappa shape index (κ3) is 2.77. The van der Waals surface area contributed by atoms with Crippen molar-refractivity contribution in [2.75, 3.05) is 11.9 Å². The van der Waals surface area contributed by atoms with Crippen LogP contribution < -0.4 is 17.7 Å². The van der Waals surface area contributed by atoms with Gasteiger partial charge in [0.05, 0.1) is 0 Å². The SMILES string of the molecule is CCNc1ccc([N+]#N)cc1.[Cl-]. The van der Waals surface area contributed by atoms with Gasteiger partial charge >= 0.3 is 5.69 Å². The van der Waals surface area contributed by atoms with Gasteiger partial charge < -0.3 is 17.7 Å². The lowest BCUT2D eigenvalue weighted by Gasteiger charge is -1.98. The van der Waals surface area contributed by atoms with Crippen molar-refractivity contribution in [3.05, 3.63) is 29.2 Å². The summed E-state index contributed by atoms with van der Waals surface area (Å²) in [5.74, 6) is 0. The van der Waals surface area contributed by atoms with Crippen LogP contribution in [0.2, 0.25) is 0 Å². The fourth-order valence-corrected chi connectivity index (χ4v) is 0.850. The zero-order chi connectivity index (χ0) is 8.10. The highest BCUT2D eigenvalue weighted by Gasteiger charge is 2.00. The molecular weight excluding hydrogens is 174 g/mol. The van der Waals surface area contributed by atoms with Crippen LogP contribution >= 0.6 is 0 Å². The number of nitrogens with zero attached hydrogens (tertiary/aromatic N) is 2. The molecule has 0 aliphatic rings. The molecule has 0 radical (unpaired) electrons. The highest BCUT2D eigenvalue weighted by atomic mass is 35.5. The Morgan fingerprint density at radius 2 is 1.92 bits per heavy atom. The van der Waals surface area contributed by atoms with E-state index in [2.05, 4.69) is 10.3 Å². The Morgan fingerprint density at radius 3 is 2.33 bits per heavy atom. The van der Waals surface area contributed by atoms with E-state index in [-0.39, 0.29) is 12.4 Å². The number of hydrogen-bond acceptors (Lipinski definition) is 2. The number of benzene rings is 1. The van der Waals surface area contributed by atoms with Gasteiger partial charge in [0, 0.05) is 24.4 Å². The van der Waals surface area contributed by atoms with Crippen LogP contribution in [0.3, 0.4) is 0 Å². The van der Waals surface area contributed by atoms with Gasteiger partial charge in [-0.3, -0.25) is 0 Å². The van der Waals surface area contributed by atoms with E-state index in [1.54, 1.807) is 12.1 Å². The zero-order valence-electron chi connectivity index (χ0n) is 6.79. The Balaban J connectivity index is 0.00000121. The molecule has 1 aromatic carbocycles. The average Bonchev–Trinajstić information content (AvgIpc) is 2.07. The largest absolute Gasteiger partial charge is 1.00 e. The number of diazo groups is 1. The minimum atomic E-state index is 0. The van der Waals surface area contributed by atoms with E-state index >= 15 is 0 Å².